The Labute approximate surface area is 214 Å². The van der Waals surface area contributed by atoms with Crippen LogP contribution in [0.2, 0.25) is 0 Å². The fourth-order valence-electron chi connectivity index (χ4n) is 4.87. The molecule has 2 N–H and O–H groups in total. The van der Waals surface area contributed by atoms with Crippen molar-refractivity contribution < 1.29 is 0 Å². The van der Waals surface area contributed by atoms with Gasteiger partial charge in [-0.25, -0.2) is 4.79 Å². The van der Waals surface area contributed by atoms with Crippen LogP contribution in [-0.2, 0) is 24.9 Å². The van der Waals surface area contributed by atoms with Crippen LogP contribution in [0.25, 0.3) is 17.2 Å². The Hall–Kier alpha value is -4.65. The number of aromatic amines is 1. The number of aromatic nitrogens is 7. The van der Waals surface area contributed by atoms with Crippen molar-refractivity contribution in [3.63, 3.8) is 0 Å². The van der Waals surface area contributed by atoms with Crippen LogP contribution in [0, 0.1) is 11.3 Å². The van der Waals surface area contributed by atoms with Gasteiger partial charge >= 0.3 is 5.69 Å². The van der Waals surface area contributed by atoms with E-state index in [2.05, 4.69) is 51.1 Å². The number of hydrogen-bond acceptors (Lipinski definition) is 6. The molecule has 37 heavy (non-hydrogen) atoms. The highest BCUT2D eigenvalue weighted by Crippen LogP contribution is 2.33. The maximum absolute atomic E-state index is 14.0. The second-order valence-corrected chi connectivity index (χ2v) is 9.10. The highest BCUT2D eigenvalue weighted by molar-refractivity contribution is 5.57. The molecule has 188 valence electrons. The number of H-pyrrole nitrogens is 1. The molecule has 0 saturated carbocycles. The van der Waals surface area contributed by atoms with Crippen LogP contribution in [0.3, 0.4) is 0 Å². The van der Waals surface area contributed by atoms with Crippen LogP contribution in [0.5, 0.6) is 0 Å². The molecule has 0 saturated heterocycles. The van der Waals surface area contributed by atoms with Gasteiger partial charge in [0.1, 0.15) is 11.9 Å². The molecule has 0 unspecified atom stereocenters. The molecule has 0 atom stereocenters. The minimum atomic E-state index is -0.590. The van der Waals surface area contributed by atoms with Gasteiger partial charge in [-0.2, -0.15) is 10.5 Å². The van der Waals surface area contributed by atoms with Gasteiger partial charge in [0, 0.05) is 36.7 Å². The maximum atomic E-state index is 14.0. The largest absolute Gasteiger partial charge is 0.368 e. The summed E-state index contributed by atoms with van der Waals surface area (Å²) < 4.78 is 5.41. The van der Waals surface area contributed by atoms with Crippen LogP contribution in [0.4, 0.5) is 0 Å². The summed E-state index contributed by atoms with van der Waals surface area (Å²) >= 11 is 0. The van der Waals surface area contributed by atoms with E-state index in [1.807, 2.05) is 65.1 Å². The van der Waals surface area contributed by atoms with Crippen LogP contribution < -0.4 is 11.0 Å². The number of imidazole rings is 1. The molecule has 1 aliphatic heterocycles. The SMILES string of the molecule is CCCCc1cn(-c2c(C#N)ccn2CC)c(=O)n1CC1(c2cccc(-c3nn[nH]n3)c2)C=CNC=C1. The minimum absolute atomic E-state index is 0.162. The lowest BCUT2D eigenvalue weighted by atomic mass is 9.78. The standard InChI is InChI=1S/C27H29N9O/c1-3-5-9-23-18-35(25-21(17-28)10-15-34(25)4-2)26(37)36(23)19-27(11-13-29-14-12-27)22-8-6-7-20(16-22)24-30-32-33-31-24/h6-8,10-16,18,29H,3-5,9,19H2,1-2H3,(H,30,31,32,33). The van der Waals surface area contributed by atoms with E-state index in [0.29, 0.717) is 30.3 Å². The van der Waals surface area contributed by atoms with Gasteiger partial charge in [-0.1, -0.05) is 43.7 Å². The molecule has 5 rings (SSSR count). The van der Waals surface area contributed by atoms with Crippen molar-refractivity contribution in [2.75, 3.05) is 0 Å². The van der Waals surface area contributed by atoms with Crippen molar-refractivity contribution >= 4 is 0 Å². The van der Waals surface area contributed by atoms with Crippen molar-refractivity contribution in [2.24, 2.45) is 0 Å². The fraction of sp³-hybridized carbons (Fsp3) is 0.296. The van der Waals surface area contributed by atoms with Crippen molar-refractivity contribution in [1.82, 2.24) is 39.6 Å². The topological polar surface area (TPSA) is 122 Å². The predicted molar refractivity (Wildman–Crippen MR) is 140 cm³/mol. The number of hydrogen-bond donors (Lipinski definition) is 2. The van der Waals surface area contributed by atoms with Gasteiger partial charge in [0.05, 0.1) is 11.0 Å². The van der Waals surface area contributed by atoms with Gasteiger partial charge in [0.25, 0.3) is 0 Å². The summed E-state index contributed by atoms with van der Waals surface area (Å²) in [5, 5.41) is 27.3. The first-order valence-electron chi connectivity index (χ1n) is 12.5. The molecule has 10 heteroatoms. The normalized spacial score (nSPS) is 14.0. The first kappa shape index (κ1) is 24.1. The summed E-state index contributed by atoms with van der Waals surface area (Å²) in [6, 6.07) is 12.0. The lowest BCUT2D eigenvalue weighted by Gasteiger charge is -2.31. The lowest BCUT2D eigenvalue weighted by Crippen LogP contribution is -2.36. The fourth-order valence-corrected chi connectivity index (χ4v) is 4.87. The number of benzene rings is 1. The van der Waals surface area contributed by atoms with Crippen LogP contribution >= 0.6 is 0 Å². The van der Waals surface area contributed by atoms with Gasteiger partial charge < -0.3 is 9.88 Å². The molecule has 0 aliphatic carbocycles. The number of rotatable bonds is 9. The first-order valence-corrected chi connectivity index (χ1v) is 12.5. The van der Waals surface area contributed by atoms with E-state index in [1.165, 1.54) is 0 Å². The summed E-state index contributed by atoms with van der Waals surface area (Å²) in [7, 11) is 0. The third-order valence-corrected chi connectivity index (χ3v) is 6.85. The second kappa shape index (κ2) is 10.1. The Morgan fingerprint density at radius 3 is 2.70 bits per heavy atom. The van der Waals surface area contributed by atoms with E-state index in [-0.39, 0.29) is 5.69 Å². The average Bonchev–Trinajstić information content (AvgIpc) is 3.68. The van der Waals surface area contributed by atoms with Crippen molar-refractivity contribution in [2.45, 2.75) is 51.6 Å². The highest BCUT2D eigenvalue weighted by Gasteiger charge is 2.32. The molecule has 0 fully saturated rings. The summed E-state index contributed by atoms with van der Waals surface area (Å²) in [5.74, 6) is 1.12. The summed E-state index contributed by atoms with van der Waals surface area (Å²) in [6.45, 7) is 5.19. The number of allylic oxidation sites excluding steroid dienone is 2. The van der Waals surface area contributed by atoms with Gasteiger partial charge in [-0.3, -0.25) is 9.13 Å². The number of nitrogens with zero attached hydrogens (tertiary/aromatic N) is 7. The highest BCUT2D eigenvalue weighted by atomic mass is 16.1. The Morgan fingerprint density at radius 1 is 1.16 bits per heavy atom. The molecule has 4 heterocycles. The van der Waals surface area contributed by atoms with Crippen LogP contribution in [0.1, 0.15) is 43.5 Å². The van der Waals surface area contributed by atoms with Gasteiger partial charge in [-0.05, 0) is 55.1 Å². The Morgan fingerprint density at radius 2 is 2.00 bits per heavy atom. The van der Waals surface area contributed by atoms with E-state index in [4.69, 9.17) is 0 Å². The smallest absolute Gasteiger partial charge is 0.334 e. The zero-order valence-corrected chi connectivity index (χ0v) is 20.9. The van der Waals surface area contributed by atoms with Crippen LogP contribution in [-0.4, -0.2) is 34.3 Å². The molecule has 1 aliphatic rings. The van der Waals surface area contributed by atoms with Gasteiger partial charge in [-0.15, -0.1) is 10.2 Å². The third-order valence-electron chi connectivity index (χ3n) is 6.85. The van der Waals surface area contributed by atoms with Crippen molar-refractivity contribution in [3.8, 4) is 23.3 Å². The lowest BCUT2D eigenvalue weighted by molar-refractivity contribution is 0.495. The molecule has 4 aromatic rings. The third kappa shape index (κ3) is 4.40. The molecule has 1 aromatic carbocycles. The van der Waals surface area contributed by atoms with Gasteiger partial charge in [0.2, 0.25) is 5.82 Å². The van der Waals surface area contributed by atoms with E-state index in [1.54, 1.807) is 10.6 Å². The Bertz CT molecular complexity index is 1530. The van der Waals surface area contributed by atoms with Gasteiger partial charge in [0.15, 0.2) is 0 Å². The molecule has 0 bridgehead atoms. The number of aryl methyl sites for hydroxylation is 2. The molecule has 0 radical (unpaired) electrons. The zero-order chi connectivity index (χ0) is 25.8. The first-order chi connectivity index (χ1) is 18.1. The second-order valence-electron chi connectivity index (χ2n) is 9.10. The Kier molecular flexibility index (Phi) is 6.60. The molecular formula is C27H29N9O. The molecule has 0 amide bonds. The maximum Gasteiger partial charge on any atom is 0.334 e. The average molecular weight is 496 g/mol. The van der Waals surface area contributed by atoms with Crippen LogP contribution in [0.15, 0.2) is 72.1 Å². The van der Waals surface area contributed by atoms with E-state index < -0.39 is 5.41 Å². The number of nitrogens with one attached hydrogen (secondary N) is 2. The monoisotopic (exact) mass is 495 g/mol. The Balaban J connectivity index is 1.64. The predicted octanol–water partition coefficient (Wildman–Crippen LogP) is 3.42. The van der Waals surface area contributed by atoms with Crippen molar-refractivity contribution in [1.29, 1.82) is 5.26 Å². The quantitative estimate of drug-likeness (QED) is 0.367. The number of unbranched alkanes of at least 4 members (excludes halogenated alkanes) is 1. The van der Waals surface area contributed by atoms with E-state index in [0.717, 1.165) is 36.1 Å². The molecule has 3 aromatic heterocycles. The molecule has 10 nitrogen and oxygen atoms in total. The van der Waals surface area contributed by atoms with E-state index in [9.17, 15) is 10.1 Å². The minimum Gasteiger partial charge on any atom is -0.368 e. The number of nitriles is 1. The zero-order valence-electron chi connectivity index (χ0n) is 20.9. The van der Waals surface area contributed by atoms with Crippen molar-refractivity contribution in [3.05, 3.63) is 94.6 Å². The summed E-state index contributed by atoms with van der Waals surface area (Å²) in [6.07, 6.45) is 14.4. The summed E-state index contributed by atoms with van der Waals surface area (Å²) in [5.41, 5.74) is 2.50. The molecular weight excluding hydrogens is 466 g/mol. The molecule has 0 spiro atoms. The van der Waals surface area contributed by atoms with E-state index >= 15 is 0 Å². The number of tetrazole rings is 1. The number of dihydropyridines is 1. The summed E-state index contributed by atoms with van der Waals surface area (Å²) in [4.78, 5) is 14.0.